The summed E-state index contributed by atoms with van der Waals surface area (Å²) in [6.45, 7) is 12.7. The molecule has 0 amide bonds. The number of likely N-dealkylation sites (tertiary alicyclic amines) is 2. The molecule has 0 spiro atoms. The Morgan fingerprint density at radius 1 is 1.00 bits per heavy atom. The van der Waals surface area contributed by atoms with Crippen LogP contribution in [0.15, 0.2) is 0 Å². The molecule has 3 heteroatoms. The summed E-state index contributed by atoms with van der Waals surface area (Å²) in [5.41, 5.74) is 0. The smallest absolute Gasteiger partial charge is 0.00218 e. The van der Waals surface area contributed by atoms with Crippen LogP contribution in [0.25, 0.3) is 0 Å². The van der Waals surface area contributed by atoms with Gasteiger partial charge in [0.1, 0.15) is 0 Å². The van der Waals surface area contributed by atoms with Crippen molar-refractivity contribution in [2.24, 2.45) is 5.92 Å². The summed E-state index contributed by atoms with van der Waals surface area (Å²) in [5.74, 6) is 0.895. The normalized spacial score (nSPS) is 26.1. The molecule has 0 aromatic heterocycles. The lowest BCUT2D eigenvalue weighted by Crippen LogP contribution is -2.40. The molecule has 19 heavy (non-hydrogen) atoms. The second kappa shape index (κ2) is 8.93. The minimum Gasteiger partial charge on any atom is -0.316 e. The number of rotatable bonds is 8. The van der Waals surface area contributed by atoms with Crippen molar-refractivity contribution >= 4 is 0 Å². The Bertz CT molecular complexity index is 226. The maximum Gasteiger partial charge on any atom is 0.00218 e. The summed E-state index contributed by atoms with van der Waals surface area (Å²) in [7, 11) is 0. The Labute approximate surface area is 119 Å². The molecule has 3 nitrogen and oxygen atoms in total. The van der Waals surface area contributed by atoms with E-state index in [9.17, 15) is 0 Å². The van der Waals surface area contributed by atoms with Crippen molar-refractivity contribution in [2.45, 2.75) is 45.4 Å². The van der Waals surface area contributed by atoms with Gasteiger partial charge in [0.25, 0.3) is 0 Å². The first-order valence-corrected chi connectivity index (χ1v) is 8.54. The van der Waals surface area contributed by atoms with Gasteiger partial charge in [0.15, 0.2) is 0 Å². The molecule has 1 unspecified atom stereocenters. The van der Waals surface area contributed by atoms with Crippen LogP contribution in [0.1, 0.15) is 45.4 Å². The predicted molar refractivity (Wildman–Crippen MR) is 82.6 cm³/mol. The molecule has 2 saturated heterocycles. The summed E-state index contributed by atoms with van der Waals surface area (Å²) in [6, 6.07) is 0. The summed E-state index contributed by atoms with van der Waals surface area (Å²) in [6.07, 6.45) is 8.31. The van der Waals surface area contributed by atoms with Crippen molar-refractivity contribution in [2.75, 3.05) is 52.4 Å². The van der Waals surface area contributed by atoms with Gasteiger partial charge in [-0.3, -0.25) is 0 Å². The number of hydrogen-bond donors (Lipinski definition) is 1. The molecule has 0 aromatic carbocycles. The summed E-state index contributed by atoms with van der Waals surface area (Å²) in [4.78, 5) is 5.35. The first kappa shape index (κ1) is 15.3. The van der Waals surface area contributed by atoms with Gasteiger partial charge < -0.3 is 15.1 Å². The second-order valence-electron chi connectivity index (χ2n) is 6.42. The van der Waals surface area contributed by atoms with Crippen LogP contribution in [0.3, 0.4) is 0 Å². The lowest BCUT2D eigenvalue weighted by molar-refractivity contribution is 0.164. The first-order chi connectivity index (χ1) is 9.38. The molecule has 0 aromatic rings. The number of hydrogen-bond acceptors (Lipinski definition) is 3. The molecule has 0 saturated carbocycles. The molecule has 0 bridgehead atoms. The molecule has 0 radical (unpaired) electrons. The molecule has 1 N–H and O–H groups in total. The highest BCUT2D eigenvalue weighted by atomic mass is 15.2. The van der Waals surface area contributed by atoms with E-state index in [1.54, 1.807) is 0 Å². The van der Waals surface area contributed by atoms with Gasteiger partial charge >= 0.3 is 0 Å². The minimum absolute atomic E-state index is 0.895. The van der Waals surface area contributed by atoms with Crippen molar-refractivity contribution in [1.82, 2.24) is 15.1 Å². The van der Waals surface area contributed by atoms with E-state index in [2.05, 4.69) is 22.0 Å². The predicted octanol–water partition coefficient (Wildman–Crippen LogP) is 2.18. The van der Waals surface area contributed by atoms with Gasteiger partial charge in [0.2, 0.25) is 0 Å². The monoisotopic (exact) mass is 267 g/mol. The highest BCUT2D eigenvalue weighted by molar-refractivity contribution is 4.75. The van der Waals surface area contributed by atoms with Gasteiger partial charge in [0.05, 0.1) is 0 Å². The molecule has 2 fully saturated rings. The van der Waals surface area contributed by atoms with E-state index in [0.29, 0.717) is 0 Å². The fourth-order valence-electron chi connectivity index (χ4n) is 3.53. The maximum absolute atomic E-state index is 3.59. The van der Waals surface area contributed by atoms with Crippen LogP contribution in [0.5, 0.6) is 0 Å². The third-order valence-electron chi connectivity index (χ3n) is 4.61. The van der Waals surface area contributed by atoms with Crippen LogP contribution in [-0.4, -0.2) is 62.2 Å². The van der Waals surface area contributed by atoms with Crippen molar-refractivity contribution in [3.63, 3.8) is 0 Å². The van der Waals surface area contributed by atoms with Crippen LogP contribution in [0, 0.1) is 5.92 Å². The van der Waals surface area contributed by atoms with E-state index in [1.807, 2.05) is 0 Å². The van der Waals surface area contributed by atoms with Gasteiger partial charge in [-0.15, -0.1) is 0 Å². The largest absolute Gasteiger partial charge is 0.316 e. The van der Waals surface area contributed by atoms with Gasteiger partial charge in [-0.25, -0.2) is 0 Å². The molecular formula is C16H33N3. The maximum atomic E-state index is 3.59. The molecule has 1 atom stereocenters. The summed E-state index contributed by atoms with van der Waals surface area (Å²) < 4.78 is 0. The van der Waals surface area contributed by atoms with E-state index >= 15 is 0 Å². The third kappa shape index (κ3) is 5.80. The van der Waals surface area contributed by atoms with E-state index in [1.165, 1.54) is 90.9 Å². The highest BCUT2D eigenvalue weighted by Gasteiger charge is 2.19. The second-order valence-corrected chi connectivity index (χ2v) is 6.42. The fraction of sp³-hybridized carbons (Fsp3) is 1.00. The van der Waals surface area contributed by atoms with Crippen LogP contribution >= 0.6 is 0 Å². The number of nitrogens with zero attached hydrogens (tertiary/aromatic N) is 2. The zero-order valence-electron chi connectivity index (χ0n) is 12.9. The summed E-state index contributed by atoms with van der Waals surface area (Å²) in [5, 5.41) is 3.59. The molecule has 0 aliphatic carbocycles. The number of nitrogens with one attached hydrogen (secondary N) is 1. The summed E-state index contributed by atoms with van der Waals surface area (Å²) >= 11 is 0. The lowest BCUT2D eigenvalue weighted by atomic mass is 9.98. The van der Waals surface area contributed by atoms with Crippen molar-refractivity contribution < 1.29 is 0 Å². The van der Waals surface area contributed by atoms with E-state index in [4.69, 9.17) is 0 Å². The van der Waals surface area contributed by atoms with E-state index < -0.39 is 0 Å². The van der Waals surface area contributed by atoms with E-state index in [-0.39, 0.29) is 0 Å². The quantitative estimate of drug-likeness (QED) is 0.680. The molecule has 2 heterocycles. The van der Waals surface area contributed by atoms with Gasteiger partial charge in [0, 0.05) is 6.54 Å². The topological polar surface area (TPSA) is 18.5 Å². The first-order valence-electron chi connectivity index (χ1n) is 8.54. The fourth-order valence-corrected chi connectivity index (χ4v) is 3.53. The van der Waals surface area contributed by atoms with E-state index in [0.717, 1.165) is 5.92 Å². The molecule has 2 rings (SSSR count). The van der Waals surface area contributed by atoms with Crippen LogP contribution in [0.4, 0.5) is 0 Å². The van der Waals surface area contributed by atoms with Crippen molar-refractivity contribution in [3.05, 3.63) is 0 Å². The van der Waals surface area contributed by atoms with Gasteiger partial charge in [-0.1, -0.05) is 6.92 Å². The Morgan fingerprint density at radius 3 is 2.53 bits per heavy atom. The Morgan fingerprint density at radius 2 is 1.74 bits per heavy atom. The highest BCUT2D eigenvalue weighted by Crippen LogP contribution is 2.16. The van der Waals surface area contributed by atoms with Crippen LogP contribution < -0.4 is 5.32 Å². The molecular weight excluding hydrogens is 234 g/mol. The minimum atomic E-state index is 0.895. The molecule has 112 valence electrons. The Hall–Kier alpha value is -0.120. The number of piperidine rings is 1. The third-order valence-corrected chi connectivity index (χ3v) is 4.61. The standard InChI is InChI=1S/C16H33N3/c1-2-8-17-14-16-7-5-11-19(15-16)13-6-12-18-9-3-4-10-18/h16-17H,2-15H2,1H3. The SMILES string of the molecule is CCCNCC1CCCN(CCCN2CCCC2)C1. The van der Waals surface area contributed by atoms with Crippen LogP contribution in [-0.2, 0) is 0 Å². The Balaban J connectivity index is 1.55. The zero-order valence-corrected chi connectivity index (χ0v) is 12.9. The van der Waals surface area contributed by atoms with Crippen molar-refractivity contribution in [1.29, 1.82) is 0 Å². The van der Waals surface area contributed by atoms with Crippen molar-refractivity contribution in [3.8, 4) is 0 Å². The molecule has 2 aliphatic rings. The Kier molecular flexibility index (Phi) is 7.18. The van der Waals surface area contributed by atoms with Gasteiger partial charge in [-0.05, 0) is 90.3 Å². The zero-order chi connectivity index (χ0) is 13.3. The average Bonchev–Trinajstić information content (AvgIpc) is 2.93. The van der Waals surface area contributed by atoms with Crippen LogP contribution in [0.2, 0.25) is 0 Å². The van der Waals surface area contributed by atoms with Gasteiger partial charge in [-0.2, -0.15) is 0 Å². The lowest BCUT2D eigenvalue weighted by Gasteiger charge is -2.33. The average molecular weight is 267 g/mol. The molecule has 2 aliphatic heterocycles.